The molecule has 0 spiro atoms. The zero-order valence-electron chi connectivity index (χ0n) is 16.7. The summed E-state index contributed by atoms with van der Waals surface area (Å²) in [5, 5.41) is 14.3. The Morgan fingerprint density at radius 1 is 1.06 bits per heavy atom. The molecule has 0 saturated heterocycles. The van der Waals surface area contributed by atoms with E-state index in [0.717, 1.165) is 34.9 Å². The molecule has 0 saturated carbocycles. The smallest absolute Gasteiger partial charge is 0.341 e. The zero-order chi connectivity index (χ0) is 23.3. The highest BCUT2D eigenvalue weighted by Crippen LogP contribution is 2.23. The molecule has 0 amide bonds. The van der Waals surface area contributed by atoms with Crippen LogP contribution in [0.2, 0.25) is 5.15 Å². The minimum absolute atomic E-state index is 0.00866. The predicted octanol–water partition coefficient (Wildman–Crippen LogP) is 4.41. The van der Waals surface area contributed by atoms with Crippen molar-refractivity contribution in [2.45, 2.75) is 6.54 Å². The molecular formula is C23H13ClF2N4O3. The van der Waals surface area contributed by atoms with Crippen LogP contribution >= 0.6 is 11.6 Å². The Morgan fingerprint density at radius 3 is 2.52 bits per heavy atom. The van der Waals surface area contributed by atoms with E-state index in [1.165, 1.54) is 4.57 Å². The number of carboxylic acids is 1. The average molecular weight is 467 g/mol. The van der Waals surface area contributed by atoms with Crippen LogP contribution in [-0.4, -0.2) is 30.4 Å². The summed E-state index contributed by atoms with van der Waals surface area (Å²) in [5.41, 5.74) is 0.142. The first kappa shape index (κ1) is 20.8. The molecule has 0 aliphatic heterocycles. The lowest BCUT2D eigenvalue weighted by molar-refractivity contribution is 0.0695. The van der Waals surface area contributed by atoms with Gasteiger partial charge in [-0.3, -0.25) is 4.79 Å². The van der Waals surface area contributed by atoms with Crippen LogP contribution in [0.5, 0.6) is 0 Å². The third-order valence-corrected chi connectivity index (χ3v) is 5.51. The number of nitrogens with zero attached hydrogens (tertiary/aromatic N) is 4. The fourth-order valence-electron chi connectivity index (χ4n) is 3.77. The summed E-state index contributed by atoms with van der Waals surface area (Å²) in [6, 6.07) is 10.4. The Labute approximate surface area is 189 Å². The first-order valence-corrected chi connectivity index (χ1v) is 10.0. The van der Waals surface area contributed by atoms with E-state index >= 15 is 0 Å². The number of rotatable bonds is 4. The molecular weight excluding hydrogens is 454 g/mol. The van der Waals surface area contributed by atoms with E-state index in [1.807, 2.05) is 0 Å². The molecule has 10 heteroatoms. The molecule has 0 unspecified atom stereocenters. The van der Waals surface area contributed by atoms with Crippen LogP contribution in [0.15, 0.2) is 65.8 Å². The third kappa shape index (κ3) is 3.52. The maximum absolute atomic E-state index is 14.6. The fourth-order valence-corrected chi connectivity index (χ4v) is 3.94. The summed E-state index contributed by atoms with van der Waals surface area (Å²) in [4.78, 5) is 28.0. The monoisotopic (exact) mass is 466 g/mol. The maximum atomic E-state index is 14.6. The van der Waals surface area contributed by atoms with Gasteiger partial charge in [0.2, 0.25) is 5.43 Å². The molecule has 5 aromatic rings. The Bertz CT molecular complexity index is 1630. The fraction of sp³-hybridized carbons (Fsp3) is 0.0435. The van der Waals surface area contributed by atoms with Crippen LogP contribution in [0.3, 0.4) is 0 Å². The summed E-state index contributed by atoms with van der Waals surface area (Å²) in [5.74, 6) is -3.33. The lowest BCUT2D eigenvalue weighted by Gasteiger charge is -2.14. The van der Waals surface area contributed by atoms with Gasteiger partial charge in [0.25, 0.3) is 0 Å². The molecule has 0 aliphatic rings. The summed E-state index contributed by atoms with van der Waals surface area (Å²) in [7, 11) is 0. The van der Waals surface area contributed by atoms with Crippen molar-refractivity contribution in [2.24, 2.45) is 0 Å². The van der Waals surface area contributed by atoms with E-state index in [9.17, 15) is 23.5 Å². The summed E-state index contributed by atoms with van der Waals surface area (Å²) >= 11 is 5.92. The number of aromatic nitrogens is 4. The van der Waals surface area contributed by atoms with E-state index in [2.05, 4.69) is 10.1 Å². The second-order valence-corrected chi connectivity index (χ2v) is 7.73. The topological polar surface area (TPSA) is 90.0 Å². The number of hydrogen-bond donors (Lipinski definition) is 1. The molecule has 0 aliphatic carbocycles. The normalized spacial score (nSPS) is 11.4. The highest BCUT2D eigenvalue weighted by molar-refractivity contribution is 6.30. The van der Waals surface area contributed by atoms with Gasteiger partial charge in [-0.15, -0.1) is 0 Å². The molecule has 3 aromatic heterocycles. The third-order valence-electron chi connectivity index (χ3n) is 5.31. The molecule has 2 aromatic carbocycles. The van der Waals surface area contributed by atoms with Crippen LogP contribution < -0.4 is 5.43 Å². The molecule has 0 atom stereocenters. The average Bonchev–Trinajstić information content (AvgIpc) is 3.20. The predicted molar refractivity (Wildman–Crippen MR) is 118 cm³/mol. The SMILES string of the molecule is O=C(O)c1cn(Cc2ccc(-n3ncc4cc(Cl)ncc43)cc2)c2c(F)ccc(F)c2c1=O. The van der Waals surface area contributed by atoms with Gasteiger partial charge in [0.05, 0.1) is 34.5 Å². The van der Waals surface area contributed by atoms with E-state index in [-0.39, 0.29) is 12.1 Å². The number of halogens is 3. The van der Waals surface area contributed by atoms with Crippen molar-refractivity contribution in [3.8, 4) is 5.69 Å². The summed E-state index contributed by atoms with van der Waals surface area (Å²) < 4.78 is 31.8. The molecule has 0 fully saturated rings. The van der Waals surface area contributed by atoms with E-state index in [1.54, 1.807) is 47.4 Å². The Balaban J connectivity index is 1.58. The Hall–Kier alpha value is -4.11. The summed E-state index contributed by atoms with van der Waals surface area (Å²) in [6.07, 6.45) is 4.30. The number of benzene rings is 2. The number of fused-ring (bicyclic) bond motifs is 2. The first-order valence-electron chi connectivity index (χ1n) is 9.66. The van der Waals surface area contributed by atoms with Crippen LogP contribution in [0, 0.1) is 11.6 Å². The molecule has 5 rings (SSSR count). The molecule has 33 heavy (non-hydrogen) atoms. The Morgan fingerprint density at radius 2 is 1.79 bits per heavy atom. The van der Waals surface area contributed by atoms with Gasteiger partial charge >= 0.3 is 5.97 Å². The highest BCUT2D eigenvalue weighted by atomic mass is 35.5. The van der Waals surface area contributed by atoms with Gasteiger partial charge in [0.1, 0.15) is 22.4 Å². The quantitative estimate of drug-likeness (QED) is 0.396. The second kappa shape index (κ2) is 7.79. The highest BCUT2D eigenvalue weighted by Gasteiger charge is 2.20. The van der Waals surface area contributed by atoms with Crippen molar-refractivity contribution >= 4 is 39.4 Å². The molecule has 1 N–H and O–H groups in total. The number of carbonyl (C=O) groups is 1. The standard InChI is InChI=1S/C23H13ClF2N4O3/c24-19-7-13-8-28-30(18(13)9-27-19)14-3-1-12(2-4-14)10-29-11-15(23(32)33)22(31)20-16(25)5-6-17(26)21(20)29/h1-9,11H,10H2,(H,32,33). The summed E-state index contributed by atoms with van der Waals surface area (Å²) in [6.45, 7) is 0.00866. The number of aromatic carboxylic acids is 1. The minimum atomic E-state index is -1.52. The van der Waals surface area contributed by atoms with Crippen LogP contribution in [0.25, 0.3) is 27.5 Å². The van der Waals surface area contributed by atoms with Gasteiger partial charge in [-0.1, -0.05) is 23.7 Å². The molecule has 0 radical (unpaired) electrons. The maximum Gasteiger partial charge on any atom is 0.341 e. The van der Waals surface area contributed by atoms with Crippen molar-refractivity contribution in [1.29, 1.82) is 0 Å². The molecule has 0 bridgehead atoms. The van der Waals surface area contributed by atoms with Gasteiger partial charge in [-0.25, -0.2) is 23.2 Å². The first-order chi connectivity index (χ1) is 15.8. The Kier molecular flexibility index (Phi) is 4.90. The van der Waals surface area contributed by atoms with Gasteiger partial charge in [-0.05, 0) is 35.9 Å². The van der Waals surface area contributed by atoms with E-state index < -0.39 is 34.0 Å². The second-order valence-electron chi connectivity index (χ2n) is 7.35. The number of carboxylic acid groups (broad SMARTS) is 1. The van der Waals surface area contributed by atoms with Crippen LogP contribution in [-0.2, 0) is 6.54 Å². The minimum Gasteiger partial charge on any atom is -0.477 e. The van der Waals surface area contributed by atoms with Crippen molar-refractivity contribution in [3.63, 3.8) is 0 Å². The number of pyridine rings is 2. The van der Waals surface area contributed by atoms with Crippen LogP contribution in [0.1, 0.15) is 15.9 Å². The van der Waals surface area contributed by atoms with Gasteiger partial charge < -0.3 is 9.67 Å². The van der Waals surface area contributed by atoms with Crippen molar-refractivity contribution in [1.82, 2.24) is 19.3 Å². The lowest BCUT2D eigenvalue weighted by atomic mass is 10.1. The zero-order valence-corrected chi connectivity index (χ0v) is 17.4. The molecule has 164 valence electrons. The lowest BCUT2D eigenvalue weighted by Crippen LogP contribution is -2.21. The van der Waals surface area contributed by atoms with Gasteiger partial charge in [0.15, 0.2) is 0 Å². The van der Waals surface area contributed by atoms with Crippen molar-refractivity contribution in [3.05, 3.63) is 99.2 Å². The molecule has 7 nitrogen and oxygen atoms in total. The van der Waals surface area contributed by atoms with Gasteiger partial charge in [0, 0.05) is 18.1 Å². The largest absolute Gasteiger partial charge is 0.477 e. The van der Waals surface area contributed by atoms with Crippen molar-refractivity contribution < 1.29 is 18.7 Å². The van der Waals surface area contributed by atoms with Crippen LogP contribution in [0.4, 0.5) is 8.78 Å². The van der Waals surface area contributed by atoms with E-state index in [4.69, 9.17) is 11.6 Å². The van der Waals surface area contributed by atoms with Crippen molar-refractivity contribution in [2.75, 3.05) is 0 Å². The van der Waals surface area contributed by atoms with Gasteiger partial charge in [-0.2, -0.15) is 5.10 Å². The number of hydrogen-bond acceptors (Lipinski definition) is 4. The van der Waals surface area contributed by atoms with E-state index in [0.29, 0.717) is 10.7 Å². The molecule has 3 heterocycles.